The molecule has 0 saturated carbocycles. The van der Waals surface area contributed by atoms with Crippen molar-refractivity contribution in [1.29, 1.82) is 0 Å². The summed E-state index contributed by atoms with van der Waals surface area (Å²) in [4.78, 5) is 0. The molecule has 2 heteroatoms. The van der Waals surface area contributed by atoms with Gasteiger partial charge in [-0.2, -0.15) is 0 Å². The molecule has 0 N–H and O–H groups in total. The van der Waals surface area contributed by atoms with E-state index in [4.69, 9.17) is 9.47 Å². The molecule has 0 radical (unpaired) electrons. The van der Waals surface area contributed by atoms with Crippen LogP contribution in [-0.2, 0) is 4.74 Å². The van der Waals surface area contributed by atoms with Crippen LogP contribution in [0.25, 0.3) is 10.8 Å². The Balaban J connectivity index is 1.97. The predicted octanol–water partition coefficient (Wildman–Crippen LogP) is 3.84. The minimum Gasteiger partial charge on any atom is -0.461 e. The van der Waals surface area contributed by atoms with Crippen molar-refractivity contribution in [3.8, 4) is 5.75 Å². The fraction of sp³-hybridized carbons (Fsp3) is 0.375. The van der Waals surface area contributed by atoms with E-state index in [2.05, 4.69) is 43.3 Å². The molecule has 0 aromatic heterocycles. The standard InChI is InChI=1S/C16H16O2/c1-2-16-14(9-10-17-16)13-8-7-11-5-3-4-6-12(11)15(13)18-16/h3-8,14H,2,9-10H2,1H3/t14-,16+/m0/s1. The Kier molecular flexibility index (Phi) is 2.01. The molecule has 0 spiro atoms. The first-order valence-corrected chi connectivity index (χ1v) is 6.69. The number of ether oxygens (including phenoxy) is 2. The van der Waals surface area contributed by atoms with E-state index in [1.54, 1.807) is 0 Å². The third-order valence-corrected chi connectivity index (χ3v) is 4.34. The maximum absolute atomic E-state index is 6.26. The zero-order valence-electron chi connectivity index (χ0n) is 10.5. The Bertz CT molecular complexity index is 620. The van der Waals surface area contributed by atoms with Crippen LogP contribution in [0, 0.1) is 0 Å². The van der Waals surface area contributed by atoms with Gasteiger partial charge >= 0.3 is 0 Å². The van der Waals surface area contributed by atoms with Crippen molar-refractivity contribution in [2.75, 3.05) is 6.61 Å². The topological polar surface area (TPSA) is 18.5 Å². The van der Waals surface area contributed by atoms with Gasteiger partial charge in [-0.05, 0) is 11.8 Å². The number of fused-ring (bicyclic) bond motifs is 5. The maximum atomic E-state index is 6.26. The summed E-state index contributed by atoms with van der Waals surface area (Å²) in [6, 6.07) is 12.8. The van der Waals surface area contributed by atoms with Gasteiger partial charge < -0.3 is 9.47 Å². The number of rotatable bonds is 1. The minimum atomic E-state index is -0.396. The molecule has 2 nitrogen and oxygen atoms in total. The average Bonchev–Trinajstić information content (AvgIpc) is 2.95. The van der Waals surface area contributed by atoms with E-state index in [-0.39, 0.29) is 0 Å². The van der Waals surface area contributed by atoms with Gasteiger partial charge in [-0.3, -0.25) is 0 Å². The molecule has 0 unspecified atom stereocenters. The summed E-state index contributed by atoms with van der Waals surface area (Å²) in [7, 11) is 0. The number of hydrogen-bond donors (Lipinski definition) is 0. The van der Waals surface area contributed by atoms with Crippen molar-refractivity contribution in [3.05, 3.63) is 42.0 Å². The van der Waals surface area contributed by atoms with E-state index in [9.17, 15) is 0 Å². The first kappa shape index (κ1) is 10.4. The highest BCUT2D eigenvalue weighted by molar-refractivity contribution is 5.90. The Morgan fingerprint density at radius 1 is 1.22 bits per heavy atom. The van der Waals surface area contributed by atoms with Crippen molar-refractivity contribution in [2.45, 2.75) is 31.5 Å². The molecule has 0 amide bonds. The molecule has 18 heavy (non-hydrogen) atoms. The largest absolute Gasteiger partial charge is 0.461 e. The second kappa shape index (κ2) is 3.48. The Hall–Kier alpha value is -1.54. The van der Waals surface area contributed by atoms with Crippen molar-refractivity contribution in [3.63, 3.8) is 0 Å². The maximum Gasteiger partial charge on any atom is 0.217 e. The smallest absolute Gasteiger partial charge is 0.217 e. The van der Waals surface area contributed by atoms with Crippen LogP contribution in [0.2, 0.25) is 0 Å². The third kappa shape index (κ3) is 1.16. The molecule has 92 valence electrons. The van der Waals surface area contributed by atoms with E-state index in [0.717, 1.165) is 25.2 Å². The fourth-order valence-electron chi connectivity index (χ4n) is 3.40. The third-order valence-electron chi connectivity index (χ3n) is 4.34. The summed E-state index contributed by atoms with van der Waals surface area (Å²) in [6.07, 6.45) is 1.97. The van der Waals surface area contributed by atoms with Crippen LogP contribution in [0.4, 0.5) is 0 Å². The molecular formula is C16H16O2. The molecule has 2 aliphatic rings. The molecule has 1 saturated heterocycles. The average molecular weight is 240 g/mol. The van der Waals surface area contributed by atoms with Gasteiger partial charge in [-0.1, -0.05) is 43.3 Å². The highest BCUT2D eigenvalue weighted by Gasteiger charge is 2.52. The monoisotopic (exact) mass is 240 g/mol. The van der Waals surface area contributed by atoms with Crippen LogP contribution in [-0.4, -0.2) is 12.4 Å². The van der Waals surface area contributed by atoms with Crippen molar-refractivity contribution < 1.29 is 9.47 Å². The van der Waals surface area contributed by atoms with Gasteiger partial charge in [-0.15, -0.1) is 0 Å². The first-order valence-electron chi connectivity index (χ1n) is 6.69. The quantitative estimate of drug-likeness (QED) is 0.754. The van der Waals surface area contributed by atoms with Crippen LogP contribution < -0.4 is 4.74 Å². The number of hydrogen-bond acceptors (Lipinski definition) is 2. The summed E-state index contributed by atoms with van der Waals surface area (Å²) in [5, 5.41) is 2.45. The van der Waals surface area contributed by atoms with Crippen LogP contribution >= 0.6 is 0 Å². The Morgan fingerprint density at radius 3 is 3.00 bits per heavy atom. The SMILES string of the molecule is CC[C@]12OCC[C@H]1c1ccc3ccccc3c1O2. The van der Waals surface area contributed by atoms with Crippen LogP contribution in [0.3, 0.4) is 0 Å². The van der Waals surface area contributed by atoms with Gasteiger partial charge in [0, 0.05) is 17.4 Å². The van der Waals surface area contributed by atoms with Gasteiger partial charge in [0.25, 0.3) is 0 Å². The fourth-order valence-corrected chi connectivity index (χ4v) is 3.40. The van der Waals surface area contributed by atoms with Gasteiger partial charge in [0.15, 0.2) is 0 Å². The zero-order chi connectivity index (χ0) is 12.2. The van der Waals surface area contributed by atoms with Gasteiger partial charge in [0.05, 0.1) is 12.5 Å². The summed E-state index contributed by atoms with van der Waals surface area (Å²) in [6.45, 7) is 2.96. The zero-order valence-corrected chi connectivity index (χ0v) is 10.5. The Labute approximate surface area is 107 Å². The summed E-state index contributed by atoms with van der Waals surface area (Å²) < 4.78 is 12.2. The first-order chi connectivity index (χ1) is 8.84. The molecule has 0 aliphatic carbocycles. The summed E-state index contributed by atoms with van der Waals surface area (Å²) in [5.41, 5.74) is 1.33. The molecule has 2 heterocycles. The minimum absolute atomic E-state index is 0.396. The molecule has 1 fully saturated rings. The molecule has 0 bridgehead atoms. The highest BCUT2D eigenvalue weighted by Crippen LogP contribution is 2.54. The van der Waals surface area contributed by atoms with E-state index in [0.29, 0.717) is 5.92 Å². The van der Waals surface area contributed by atoms with Crippen molar-refractivity contribution in [1.82, 2.24) is 0 Å². The van der Waals surface area contributed by atoms with Crippen LogP contribution in [0.15, 0.2) is 36.4 Å². The lowest BCUT2D eigenvalue weighted by molar-refractivity contribution is -0.146. The number of benzene rings is 2. The molecular weight excluding hydrogens is 224 g/mol. The van der Waals surface area contributed by atoms with Crippen molar-refractivity contribution >= 4 is 10.8 Å². The highest BCUT2D eigenvalue weighted by atomic mass is 16.7. The van der Waals surface area contributed by atoms with Gasteiger partial charge in [-0.25, -0.2) is 0 Å². The second-order valence-electron chi connectivity index (χ2n) is 5.16. The van der Waals surface area contributed by atoms with E-state index < -0.39 is 5.79 Å². The molecule has 2 aliphatic heterocycles. The van der Waals surface area contributed by atoms with Gasteiger partial charge in [0.1, 0.15) is 5.75 Å². The normalized spacial score (nSPS) is 29.1. The van der Waals surface area contributed by atoms with E-state index >= 15 is 0 Å². The van der Waals surface area contributed by atoms with Gasteiger partial charge in [0.2, 0.25) is 5.79 Å². The second-order valence-corrected chi connectivity index (χ2v) is 5.16. The van der Waals surface area contributed by atoms with Crippen LogP contribution in [0.1, 0.15) is 31.2 Å². The molecule has 4 rings (SSSR count). The Morgan fingerprint density at radius 2 is 2.11 bits per heavy atom. The molecule has 2 aromatic rings. The molecule has 2 atom stereocenters. The van der Waals surface area contributed by atoms with E-state index in [1.165, 1.54) is 16.3 Å². The predicted molar refractivity (Wildman–Crippen MR) is 70.9 cm³/mol. The lowest BCUT2D eigenvalue weighted by Crippen LogP contribution is -2.35. The summed E-state index contributed by atoms with van der Waals surface area (Å²) in [5.74, 6) is 1.05. The van der Waals surface area contributed by atoms with E-state index in [1.807, 2.05) is 0 Å². The van der Waals surface area contributed by atoms with Crippen molar-refractivity contribution in [2.24, 2.45) is 0 Å². The lowest BCUT2D eigenvalue weighted by Gasteiger charge is -2.26. The summed E-state index contributed by atoms with van der Waals surface area (Å²) >= 11 is 0. The van der Waals surface area contributed by atoms with Crippen LogP contribution in [0.5, 0.6) is 5.75 Å². The molecule has 2 aromatic carbocycles. The lowest BCUT2D eigenvalue weighted by atomic mass is 9.89.